The van der Waals surface area contributed by atoms with Crippen molar-refractivity contribution in [3.05, 3.63) is 65.7 Å². The molecule has 0 atom stereocenters. The van der Waals surface area contributed by atoms with E-state index in [0.717, 1.165) is 18.5 Å². The lowest BCUT2D eigenvalue weighted by molar-refractivity contribution is -0.121. The van der Waals surface area contributed by atoms with Crippen LogP contribution in [0.3, 0.4) is 0 Å². The number of amides is 1. The van der Waals surface area contributed by atoms with Crippen molar-refractivity contribution >= 4 is 5.91 Å². The van der Waals surface area contributed by atoms with E-state index in [1.807, 2.05) is 24.1 Å². The normalized spacial score (nSPS) is 10.7. The Morgan fingerprint density at radius 3 is 2.43 bits per heavy atom. The minimum absolute atomic E-state index is 0.00402. The van der Waals surface area contributed by atoms with Crippen LogP contribution in [0.4, 0.5) is 4.39 Å². The molecule has 2 aromatic rings. The van der Waals surface area contributed by atoms with Crippen molar-refractivity contribution in [1.82, 2.24) is 15.2 Å². The van der Waals surface area contributed by atoms with Gasteiger partial charge in [-0.05, 0) is 55.3 Å². The molecule has 0 aliphatic heterocycles. The Balaban J connectivity index is 1.63. The summed E-state index contributed by atoms with van der Waals surface area (Å²) in [5.41, 5.74) is 2.22. The van der Waals surface area contributed by atoms with Gasteiger partial charge in [0.15, 0.2) is 0 Å². The zero-order valence-corrected chi connectivity index (χ0v) is 13.3. The van der Waals surface area contributed by atoms with Crippen LogP contribution in [-0.4, -0.2) is 42.5 Å². The van der Waals surface area contributed by atoms with Crippen molar-refractivity contribution in [2.75, 3.05) is 26.7 Å². The third kappa shape index (κ3) is 6.57. The summed E-state index contributed by atoms with van der Waals surface area (Å²) in [4.78, 5) is 17.9. The lowest BCUT2D eigenvalue weighted by Gasteiger charge is -2.16. The summed E-state index contributed by atoms with van der Waals surface area (Å²) in [6.45, 7) is 1.74. The van der Waals surface area contributed by atoms with Gasteiger partial charge < -0.3 is 5.32 Å². The summed E-state index contributed by atoms with van der Waals surface area (Å²) in [6, 6.07) is 10.3. The lowest BCUT2D eigenvalue weighted by Crippen LogP contribution is -2.36. The molecule has 0 bridgehead atoms. The molecule has 23 heavy (non-hydrogen) atoms. The molecule has 1 N–H and O–H groups in total. The first kappa shape index (κ1) is 17.1. The number of carbonyl (C=O) groups excluding carboxylic acids is 1. The lowest BCUT2D eigenvalue weighted by atomic mass is 10.1. The van der Waals surface area contributed by atoms with E-state index < -0.39 is 0 Å². The van der Waals surface area contributed by atoms with Gasteiger partial charge >= 0.3 is 0 Å². The minimum Gasteiger partial charge on any atom is -0.355 e. The van der Waals surface area contributed by atoms with E-state index >= 15 is 0 Å². The van der Waals surface area contributed by atoms with Gasteiger partial charge in [-0.15, -0.1) is 0 Å². The maximum Gasteiger partial charge on any atom is 0.234 e. The number of rotatable bonds is 8. The van der Waals surface area contributed by atoms with Gasteiger partial charge in [0.2, 0.25) is 5.91 Å². The van der Waals surface area contributed by atoms with Crippen molar-refractivity contribution in [3.8, 4) is 0 Å². The molecular weight excluding hydrogens is 293 g/mol. The van der Waals surface area contributed by atoms with Crippen LogP contribution in [0.25, 0.3) is 0 Å². The Kier molecular flexibility index (Phi) is 6.69. The summed E-state index contributed by atoms with van der Waals surface area (Å²) in [7, 11) is 1.93. The van der Waals surface area contributed by atoms with E-state index in [9.17, 15) is 9.18 Å². The third-order valence-corrected chi connectivity index (χ3v) is 3.59. The van der Waals surface area contributed by atoms with E-state index in [1.165, 1.54) is 17.7 Å². The topological polar surface area (TPSA) is 45.2 Å². The molecule has 0 aliphatic rings. The average molecular weight is 315 g/mol. The molecule has 2 rings (SSSR count). The minimum atomic E-state index is -0.242. The first-order valence-electron chi connectivity index (χ1n) is 7.72. The quantitative estimate of drug-likeness (QED) is 0.811. The monoisotopic (exact) mass is 315 g/mol. The molecule has 0 aliphatic carbocycles. The highest BCUT2D eigenvalue weighted by Gasteiger charge is 2.06. The van der Waals surface area contributed by atoms with Crippen LogP contribution in [0.15, 0.2) is 48.8 Å². The van der Waals surface area contributed by atoms with E-state index in [2.05, 4.69) is 10.3 Å². The van der Waals surface area contributed by atoms with Crippen LogP contribution in [0, 0.1) is 5.82 Å². The van der Waals surface area contributed by atoms with E-state index in [4.69, 9.17) is 0 Å². The molecule has 0 saturated heterocycles. The molecule has 1 amide bonds. The highest BCUT2D eigenvalue weighted by Crippen LogP contribution is 2.03. The van der Waals surface area contributed by atoms with E-state index in [0.29, 0.717) is 19.5 Å². The summed E-state index contributed by atoms with van der Waals surface area (Å²) < 4.78 is 12.8. The van der Waals surface area contributed by atoms with Gasteiger partial charge in [-0.25, -0.2) is 4.39 Å². The molecular formula is C18H22FN3O. The highest BCUT2D eigenvalue weighted by molar-refractivity contribution is 5.77. The van der Waals surface area contributed by atoms with Crippen LogP contribution in [0.1, 0.15) is 11.1 Å². The summed E-state index contributed by atoms with van der Waals surface area (Å²) in [6.07, 6.45) is 5.14. The molecule has 5 heteroatoms. The van der Waals surface area contributed by atoms with E-state index in [1.54, 1.807) is 24.5 Å². The number of hydrogen-bond acceptors (Lipinski definition) is 3. The number of aromatic nitrogens is 1. The van der Waals surface area contributed by atoms with Crippen LogP contribution < -0.4 is 5.32 Å². The fraction of sp³-hybridized carbons (Fsp3) is 0.333. The zero-order chi connectivity index (χ0) is 16.5. The third-order valence-electron chi connectivity index (χ3n) is 3.59. The Hall–Kier alpha value is -2.27. The average Bonchev–Trinajstić information content (AvgIpc) is 2.56. The molecule has 0 saturated carbocycles. The Morgan fingerprint density at radius 1 is 1.09 bits per heavy atom. The standard InChI is InChI=1S/C18H22FN3O/c1-22(13-9-16-6-10-20-11-7-16)14-18(23)21-12-8-15-2-4-17(19)5-3-15/h2-7,10-11H,8-9,12-14H2,1H3,(H,21,23). The van der Waals surface area contributed by atoms with Crippen LogP contribution in [0.2, 0.25) is 0 Å². The smallest absolute Gasteiger partial charge is 0.234 e. The SMILES string of the molecule is CN(CCc1ccncc1)CC(=O)NCCc1ccc(F)cc1. The molecule has 1 aromatic heterocycles. The zero-order valence-electron chi connectivity index (χ0n) is 13.3. The Bertz CT molecular complexity index is 601. The molecule has 1 heterocycles. The second-order valence-electron chi connectivity index (χ2n) is 5.57. The van der Waals surface area contributed by atoms with Crippen LogP contribution >= 0.6 is 0 Å². The number of pyridine rings is 1. The second kappa shape index (κ2) is 9.00. The fourth-order valence-electron chi connectivity index (χ4n) is 2.25. The largest absolute Gasteiger partial charge is 0.355 e. The number of nitrogens with zero attached hydrogens (tertiary/aromatic N) is 2. The van der Waals surface area contributed by atoms with Crippen molar-refractivity contribution in [2.24, 2.45) is 0 Å². The van der Waals surface area contributed by atoms with Gasteiger partial charge in [-0.1, -0.05) is 12.1 Å². The fourth-order valence-corrected chi connectivity index (χ4v) is 2.25. The van der Waals surface area contributed by atoms with Crippen molar-refractivity contribution in [2.45, 2.75) is 12.8 Å². The number of halogens is 1. The molecule has 1 aromatic carbocycles. The summed E-state index contributed by atoms with van der Waals surface area (Å²) in [5, 5.41) is 2.89. The van der Waals surface area contributed by atoms with Gasteiger partial charge in [-0.3, -0.25) is 14.7 Å². The maximum atomic E-state index is 12.8. The molecule has 0 fully saturated rings. The molecule has 122 valence electrons. The molecule has 0 unspecified atom stereocenters. The van der Waals surface area contributed by atoms with Crippen molar-refractivity contribution in [1.29, 1.82) is 0 Å². The number of carbonyl (C=O) groups is 1. The predicted molar refractivity (Wildman–Crippen MR) is 88.6 cm³/mol. The number of likely N-dealkylation sites (N-methyl/N-ethyl adjacent to an activating group) is 1. The van der Waals surface area contributed by atoms with Gasteiger partial charge in [-0.2, -0.15) is 0 Å². The first-order valence-corrected chi connectivity index (χ1v) is 7.72. The maximum absolute atomic E-state index is 12.8. The molecule has 0 spiro atoms. The second-order valence-corrected chi connectivity index (χ2v) is 5.57. The van der Waals surface area contributed by atoms with Gasteiger partial charge in [0.25, 0.3) is 0 Å². The molecule has 4 nitrogen and oxygen atoms in total. The predicted octanol–water partition coefficient (Wildman–Crippen LogP) is 2.05. The number of nitrogens with one attached hydrogen (secondary N) is 1. The van der Waals surface area contributed by atoms with Gasteiger partial charge in [0.1, 0.15) is 5.82 Å². The summed E-state index contributed by atoms with van der Waals surface area (Å²) in [5.74, 6) is -0.238. The molecule has 0 radical (unpaired) electrons. The highest BCUT2D eigenvalue weighted by atomic mass is 19.1. The van der Waals surface area contributed by atoms with Crippen molar-refractivity contribution in [3.63, 3.8) is 0 Å². The number of benzene rings is 1. The first-order chi connectivity index (χ1) is 11.1. The Morgan fingerprint density at radius 2 is 1.74 bits per heavy atom. The van der Waals surface area contributed by atoms with Gasteiger partial charge in [0.05, 0.1) is 6.54 Å². The van der Waals surface area contributed by atoms with E-state index in [-0.39, 0.29) is 11.7 Å². The van der Waals surface area contributed by atoms with Crippen molar-refractivity contribution < 1.29 is 9.18 Å². The summed E-state index contributed by atoms with van der Waals surface area (Å²) >= 11 is 0. The van der Waals surface area contributed by atoms with Crippen LogP contribution in [-0.2, 0) is 17.6 Å². The van der Waals surface area contributed by atoms with Gasteiger partial charge in [0, 0.05) is 25.5 Å². The van der Waals surface area contributed by atoms with Crippen LogP contribution in [0.5, 0.6) is 0 Å². The Labute approximate surface area is 136 Å². The number of hydrogen-bond donors (Lipinski definition) is 1.